The fraction of sp³-hybridized carbons (Fsp3) is 0.292. The van der Waals surface area contributed by atoms with Gasteiger partial charge >= 0.3 is 0 Å². The maximum Gasteiger partial charge on any atom is 0.258 e. The topological polar surface area (TPSA) is 69.9 Å². The molecule has 2 aromatic carbocycles. The maximum atomic E-state index is 12.6. The molecule has 1 N–H and O–H groups in total. The van der Waals surface area contributed by atoms with Gasteiger partial charge in [-0.25, -0.2) is 0 Å². The molecule has 7 heteroatoms. The van der Waals surface area contributed by atoms with E-state index in [1.165, 1.54) is 10.6 Å². The second kappa shape index (κ2) is 9.45. The lowest BCUT2D eigenvalue weighted by atomic mass is 10.2. The second-order valence-corrected chi connectivity index (χ2v) is 7.97. The van der Waals surface area contributed by atoms with Crippen molar-refractivity contribution < 1.29 is 19.3 Å². The van der Waals surface area contributed by atoms with Crippen molar-refractivity contribution in [2.45, 2.75) is 25.6 Å². The Morgan fingerprint density at radius 1 is 1.06 bits per heavy atom. The third-order valence-corrected chi connectivity index (χ3v) is 5.46. The van der Waals surface area contributed by atoms with Crippen LogP contribution in [0.15, 0.2) is 65.6 Å². The smallest absolute Gasteiger partial charge is 0.258 e. The lowest BCUT2D eigenvalue weighted by molar-refractivity contribution is 0.0880. The second-order valence-electron chi connectivity index (χ2n) is 7.54. The van der Waals surface area contributed by atoms with Crippen LogP contribution in [0.1, 0.15) is 18.4 Å². The molecule has 162 valence electrons. The summed E-state index contributed by atoms with van der Waals surface area (Å²) in [5.74, 6) is 1.85. The van der Waals surface area contributed by atoms with Gasteiger partial charge in [0.15, 0.2) is 11.5 Å². The Kier molecular flexibility index (Phi) is 6.49. The van der Waals surface area contributed by atoms with Gasteiger partial charge < -0.3 is 19.3 Å². The quantitative estimate of drug-likeness (QED) is 0.538. The molecule has 3 aromatic rings. The van der Waals surface area contributed by atoms with Gasteiger partial charge in [-0.05, 0) is 54.7 Å². The van der Waals surface area contributed by atoms with Gasteiger partial charge in [-0.15, -0.1) is 0 Å². The minimum Gasteiger partial charge on any atom is -0.493 e. The van der Waals surface area contributed by atoms with E-state index < -0.39 is 6.10 Å². The Morgan fingerprint density at radius 3 is 2.52 bits per heavy atom. The summed E-state index contributed by atoms with van der Waals surface area (Å²) in [7, 11) is 1.54. The number of aliphatic hydroxyl groups is 1. The third kappa shape index (κ3) is 5.40. The van der Waals surface area contributed by atoms with Crippen molar-refractivity contribution in [1.82, 2.24) is 4.57 Å². The van der Waals surface area contributed by atoms with Crippen molar-refractivity contribution in [3.63, 3.8) is 0 Å². The number of halogens is 1. The number of ether oxygens (including phenoxy) is 3. The van der Waals surface area contributed by atoms with E-state index in [0.29, 0.717) is 40.5 Å². The van der Waals surface area contributed by atoms with Crippen LogP contribution in [0.3, 0.4) is 0 Å². The first-order valence-electron chi connectivity index (χ1n) is 10.1. The summed E-state index contributed by atoms with van der Waals surface area (Å²) < 4.78 is 18.4. The molecule has 1 aliphatic carbocycles. The largest absolute Gasteiger partial charge is 0.493 e. The average molecular weight is 442 g/mol. The normalized spacial score (nSPS) is 14.2. The summed E-state index contributed by atoms with van der Waals surface area (Å²) in [6.07, 6.45) is 3.28. The monoisotopic (exact) mass is 441 g/mol. The first-order chi connectivity index (χ1) is 15.0. The molecule has 6 nitrogen and oxygen atoms in total. The molecule has 0 aliphatic heterocycles. The van der Waals surface area contributed by atoms with Crippen LogP contribution in [0.4, 0.5) is 0 Å². The van der Waals surface area contributed by atoms with Crippen LogP contribution in [0, 0.1) is 5.92 Å². The molecule has 1 aliphatic rings. The number of rotatable bonds is 9. The van der Waals surface area contributed by atoms with Crippen LogP contribution in [0.5, 0.6) is 17.2 Å². The van der Waals surface area contributed by atoms with Gasteiger partial charge in [-0.3, -0.25) is 9.36 Å². The Bertz CT molecular complexity index is 1090. The molecule has 4 rings (SSSR count). The van der Waals surface area contributed by atoms with E-state index in [0.717, 1.165) is 18.4 Å². The highest BCUT2D eigenvalue weighted by atomic mass is 35.5. The molecule has 1 fully saturated rings. The lowest BCUT2D eigenvalue weighted by Crippen LogP contribution is -2.20. The van der Waals surface area contributed by atoms with Gasteiger partial charge in [-0.1, -0.05) is 23.7 Å². The SMILES string of the molecule is COc1cc(-n2ccc(OCc3ccc(Cl)cc3)cc2=O)ccc1OCC(O)C1CC1. The Hall–Kier alpha value is -2.96. The van der Waals surface area contributed by atoms with E-state index in [9.17, 15) is 9.90 Å². The third-order valence-electron chi connectivity index (χ3n) is 5.21. The van der Waals surface area contributed by atoms with Crippen molar-refractivity contribution >= 4 is 11.6 Å². The highest BCUT2D eigenvalue weighted by Crippen LogP contribution is 2.34. The molecular formula is C24H24ClNO5. The zero-order chi connectivity index (χ0) is 21.8. The minimum absolute atomic E-state index is 0.222. The van der Waals surface area contributed by atoms with Crippen molar-refractivity contribution in [1.29, 1.82) is 0 Å². The van der Waals surface area contributed by atoms with E-state index in [4.69, 9.17) is 25.8 Å². The Morgan fingerprint density at radius 2 is 1.84 bits per heavy atom. The molecule has 0 saturated heterocycles. The molecule has 0 spiro atoms. The Labute approximate surface area is 185 Å². The zero-order valence-electron chi connectivity index (χ0n) is 17.2. The van der Waals surface area contributed by atoms with Crippen molar-refractivity contribution in [3.05, 3.63) is 81.7 Å². The van der Waals surface area contributed by atoms with Crippen molar-refractivity contribution in [3.8, 4) is 22.9 Å². The van der Waals surface area contributed by atoms with E-state index in [-0.39, 0.29) is 12.2 Å². The molecule has 1 heterocycles. The highest BCUT2D eigenvalue weighted by molar-refractivity contribution is 6.30. The average Bonchev–Trinajstić information content (AvgIpc) is 3.63. The molecule has 1 unspecified atom stereocenters. The van der Waals surface area contributed by atoms with E-state index in [2.05, 4.69) is 0 Å². The summed E-state index contributed by atoms with van der Waals surface area (Å²) in [4.78, 5) is 12.6. The molecule has 1 saturated carbocycles. The summed E-state index contributed by atoms with van der Waals surface area (Å²) in [5, 5.41) is 10.7. The predicted molar refractivity (Wildman–Crippen MR) is 119 cm³/mol. The fourth-order valence-corrected chi connectivity index (χ4v) is 3.35. The molecule has 0 radical (unpaired) electrons. The zero-order valence-corrected chi connectivity index (χ0v) is 17.9. The number of aromatic nitrogens is 1. The van der Waals surface area contributed by atoms with Gasteiger partial charge in [0.2, 0.25) is 0 Å². The summed E-state index contributed by atoms with van der Waals surface area (Å²) in [6, 6.07) is 15.8. The van der Waals surface area contributed by atoms with Crippen LogP contribution in [-0.2, 0) is 6.61 Å². The lowest BCUT2D eigenvalue weighted by Gasteiger charge is -2.15. The molecule has 1 atom stereocenters. The maximum absolute atomic E-state index is 12.6. The van der Waals surface area contributed by atoms with Gasteiger partial charge in [0.25, 0.3) is 5.56 Å². The first kappa shape index (κ1) is 21.3. The van der Waals surface area contributed by atoms with E-state index in [1.54, 1.807) is 49.7 Å². The molecule has 1 aromatic heterocycles. The van der Waals surface area contributed by atoms with Crippen molar-refractivity contribution in [2.75, 3.05) is 13.7 Å². The molecule has 0 bridgehead atoms. The van der Waals surface area contributed by atoms with Crippen LogP contribution < -0.4 is 19.8 Å². The van der Waals surface area contributed by atoms with E-state index >= 15 is 0 Å². The number of aliphatic hydroxyl groups excluding tert-OH is 1. The highest BCUT2D eigenvalue weighted by Gasteiger charge is 2.30. The minimum atomic E-state index is -0.465. The fourth-order valence-electron chi connectivity index (χ4n) is 3.23. The standard InChI is InChI=1S/C24H24ClNO5/c1-29-23-12-19(8-9-22(23)31-15-21(27)17-4-5-17)26-11-10-20(13-24(26)28)30-14-16-2-6-18(25)7-3-16/h2-3,6-13,17,21,27H,4-5,14-15H2,1H3. The summed E-state index contributed by atoms with van der Waals surface area (Å²) in [5.41, 5.74) is 1.37. The van der Waals surface area contributed by atoms with Crippen LogP contribution >= 0.6 is 11.6 Å². The van der Waals surface area contributed by atoms with E-state index in [1.807, 2.05) is 12.1 Å². The van der Waals surface area contributed by atoms with Crippen LogP contribution in [0.2, 0.25) is 5.02 Å². The van der Waals surface area contributed by atoms with Gasteiger partial charge in [0.1, 0.15) is 19.0 Å². The Balaban J connectivity index is 1.45. The molecular weight excluding hydrogens is 418 g/mol. The number of nitrogens with zero attached hydrogens (tertiary/aromatic N) is 1. The first-order valence-corrected chi connectivity index (χ1v) is 10.5. The summed E-state index contributed by atoms with van der Waals surface area (Å²) in [6.45, 7) is 0.563. The van der Waals surface area contributed by atoms with Gasteiger partial charge in [0.05, 0.1) is 18.9 Å². The molecule has 31 heavy (non-hydrogen) atoms. The number of pyridine rings is 1. The molecule has 0 amide bonds. The number of benzene rings is 2. The summed E-state index contributed by atoms with van der Waals surface area (Å²) >= 11 is 5.89. The van der Waals surface area contributed by atoms with Crippen LogP contribution in [0.25, 0.3) is 5.69 Å². The predicted octanol–water partition coefficient (Wildman–Crippen LogP) is 4.23. The number of hydrogen-bond donors (Lipinski definition) is 1. The van der Waals surface area contributed by atoms with Gasteiger partial charge in [0, 0.05) is 23.4 Å². The number of hydrogen-bond acceptors (Lipinski definition) is 5. The van der Waals surface area contributed by atoms with Gasteiger partial charge in [-0.2, -0.15) is 0 Å². The number of methoxy groups -OCH3 is 1. The van der Waals surface area contributed by atoms with Crippen LogP contribution in [-0.4, -0.2) is 29.5 Å². The van der Waals surface area contributed by atoms with Crippen molar-refractivity contribution in [2.24, 2.45) is 5.92 Å².